The first kappa shape index (κ1) is 29.9. The largest absolute Gasteiger partial charge is 0.480 e. The molecule has 1 aromatic rings. The molecule has 214 valence electrons. The maximum absolute atomic E-state index is 13.4. The molecule has 3 rings (SSSR count). The van der Waals surface area contributed by atoms with Crippen LogP contribution in [0.2, 0.25) is 0 Å². The molecule has 4 atom stereocenters. The minimum atomic E-state index is -1.20. The van der Waals surface area contributed by atoms with Gasteiger partial charge in [-0.25, -0.2) is 4.98 Å². The Kier molecular flexibility index (Phi) is 10.7. The van der Waals surface area contributed by atoms with Crippen LogP contribution in [0.4, 0.5) is 0 Å². The quantitative estimate of drug-likeness (QED) is 0.128. The number of aromatic nitrogens is 2. The number of rotatable bonds is 12. The fraction of sp³-hybridized carbons (Fsp3) is 0.609. The molecule has 39 heavy (non-hydrogen) atoms. The number of amides is 5. The summed E-state index contributed by atoms with van der Waals surface area (Å²) in [6.07, 6.45) is 4.90. The molecule has 4 unspecified atom stereocenters. The van der Waals surface area contributed by atoms with E-state index in [1.807, 2.05) is 0 Å². The Morgan fingerprint density at radius 3 is 2.18 bits per heavy atom. The van der Waals surface area contributed by atoms with E-state index in [2.05, 4.69) is 38.5 Å². The first-order valence-corrected chi connectivity index (χ1v) is 13.3. The average molecular weight is 567 g/mol. The van der Waals surface area contributed by atoms with Crippen LogP contribution in [0.5, 0.6) is 0 Å². The molecule has 16 heteroatoms. The van der Waals surface area contributed by atoms with Gasteiger partial charge >= 0.3 is 5.97 Å². The lowest BCUT2D eigenvalue weighted by Crippen LogP contribution is -2.58. The second-order valence-corrected chi connectivity index (χ2v) is 9.70. The summed E-state index contributed by atoms with van der Waals surface area (Å²) in [5.41, 5.74) is 6.03. The molecule has 2 saturated heterocycles. The molecular weight excluding hydrogens is 532 g/mol. The SMILES string of the molecule is NCC(=O)NC(Cc1cnc[nH]1)C(=O)N1CCCC1C(=O)NC(CS)C(=O)N1CCCC1C(=O)NCC(=O)O. The number of imidazole rings is 1. The first-order chi connectivity index (χ1) is 18.7. The number of thiol groups is 1. The number of aromatic amines is 1. The minimum Gasteiger partial charge on any atom is -0.480 e. The molecule has 7 N–H and O–H groups in total. The molecule has 0 bridgehead atoms. The van der Waals surface area contributed by atoms with Crippen molar-refractivity contribution in [3.8, 4) is 0 Å². The van der Waals surface area contributed by atoms with E-state index in [0.717, 1.165) is 0 Å². The molecule has 0 spiro atoms. The molecule has 2 fully saturated rings. The van der Waals surface area contributed by atoms with Gasteiger partial charge in [0.05, 0.1) is 12.9 Å². The standard InChI is InChI=1S/C23H34N8O7S/c24-8-18(32)28-14(7-13-9-25-12-27-13)22(37)31-6-2-4-17(31)21(36)29-15(11-39)23(38)30-5-1-3-16(30)20(35)26-10-19(33)34/h9,12,14-17,39H,1-8,10-11,24H2,(H,25,27)(H,26,35)(H,28,32)(H,29,36)(H,33,34). The third-order valence-electron chi connectivity index (χ3n) is 6.69. The Morgan fingerprint density at radius 2 is 1.64 bits per heavy atom. The predicted molar refractivity (Wildman–Crippen MR) is 139 cm³/mol. The number of carboxylic acids is 1. The van der Waals surface area contributed by atoms with Gasteiger partial charge in [-0.15, -0.1) is 0 Å². The fourth-order valence-electron chi connectivity index (χ4n) is 4.81. The van der Waals surface area contributed by atoms with Crippen molar-refractivity contribution in [2.45, 2.75) is 56.3 Å². The topological polar surface area (TPSA) is 220 Å². The van der Waals surface area contributed by atoms with Crippen molar-refractivity contribution in [1.82, 2.24) is 35.7 Å². The number of H-pyrrole nitrogens is 1. The Labute approximate surface area is 230 Å². The van der Waals surface area contributed by atoms with Crippen molar-refractivity contribution in [3.05, 3.63) is 18.2 Å². The van der Waals surface area contributed by atoms with Crippen LogP contribution in [0.3, 0.4) is 0 Å². The molecule has 1 aromatic heterocycles. The number of aliphatic carboxylic acids is 1. The van der Waals surface area contributed by atoms with Crippen molar-refractivity contribution >= 4 is 48.1 Å². The van der Waals surface area contributed by atoms with E-state index in [4.69, 9.17) is 10.8 Å². The highest BCUT2D eigenvalue weighted by Crippen LogP contribution is 2.22. The number of nitrogens with zero attached hydrogens (tertiary/aromatic N) is 3. The smallest absolute Gasteiger partial charge is 0.322 e. The Balaban J connectivity index is 1.67. The summed E-state index contributed by atoms with van der Waals surface area (Å²) in [4.78, 5) is 84.7. The highest BCUT2D eigenvalue weighted by molar-refractivity contribution is 7.80. The Bertz CT molecular complexity index is 1070. The molecule has 2 aliphatic heterocycles. The molecule has 0 radical (unpaired) electrons. The fourth-order valence-corrected chi connectivity index (χ4v) is 5.06. The minimum absolute atomic E-state index is 0.0553. The molecule has 2 aliphatic rings. The van der Waals surface area contributed by atoms with Gasteiger partial charge in [0.25, 0.3) is 0 Å². The van der Waals surface area contributed by atoms with Gasteiger partial charge in [0.1, 0.15) is 30.7 Å². The first-order valence-electron chi connectivity index (χ1n) is 12.6. The van der Waals surface area contributed by atoms with Crippen LogP contribution in [0.1, 0.15) is 31.4 Å². The van der Waals surface area contributed by atoms with Crippen LogP contribution in [0.25, 0.3) is 0 Å². The van der Waals surface area contributed by atoms with Crippen molar-refractivity contribution in [2.75, 3.05) is 31.9 Å². The van der Waals surface area contributed by atoms with Gasteiger partial charge in [-0.1, -0.05) is 0 Å². The molecule has 3 heterocycles. The van der Waals surface area contributed by atoms with Crippen molar-refractivity contribution in [2.24, 2.45) is 5.73 Å². The van der Waals surface area contributed by atoms with E-state index in [0.29, 0.717) is 31.4 Å². The number of nitrogens with one attached hydrogen (secondary N) is 4. The number of carbonyl (C=O) groups is 6. The number of nitrogens with two attached hydrogens (primary N) is 1. The second kappa shape index (κ2) is 13.9. The van der Waals surface area contributed by atoms with Gasteiger partial charge in [0.15, 0.2) is 0 Å². The van der Waals surface area contributed by atoms with Gasteiger partial charge in [-0.2, -0.15) is 12.6 Å². The van der Waals surface area contributed by atoms with Crippen molar-refractivity contribution < 1.29 is 33.9 Å². The van der Waals surface area contributed by atoms with Gasteiger partial charge in [-0.05, 0) is 25.7 Å². The van der Waals surface area contributed by atoms with E-state index in [-0.39, 0.29) is 31.8 Å². The molecule has 0 aliphatic carbocycles. The van der Waals surface area contributed by atoms with E-state index in [1.165, 1.54) is 22.3 Å². The highest BCUT2D eigenvalue weighted by atomic mass is 32.1. The van der Waals surface area contributed by atoms with Gasteiger partial charge in [-0.3, -0.25) is 28.8 Å². The summed E-state index contributed by atoms with van der Waals surface area (Å²) in [5.74, 6) is -3.90. The second-order valence-electron chi connectivity index (χ2n) is 9.34. The summed E-state index contributed by atoms with van der Waals surface area (Å²) < 4.78 is 0. The zero-order chi connectivity index (χ0) is 28.5. The average Bonchev–Trinajstić information content (AvgIpc) is 3.70. The zero-order valence-corrected chi connectivity index (χ0v) is 22.2. The third-order valence-corrected chi connectivity index (χ3v) is 7.05. The van der Waals surface area contributed by atoms with Gasteiger partial charge in [0.2, 0.25) is 29.5 Å². The Morgan fingerprint density at radius 1 is 1.03 bits per heavy atom. The highest BCUT2D eigenvalue weighted by Gasteiger charge is 2.41. The lowest BCUT2D eigenvalue weighted by molar-refractivity contribution is -0.144. The molecular formula is C23H34N8O7S. The molecule has 15 nitrogen and oxygen atoms in total. The lowest BCUT2D eigenvalue weighted by atomic mass is 10.1. The summed E-state index contributed by atoms with van der Waals surface area (Å²) in [6, 6.07) is -3.77. The monoisotopic (exact) mass is 566 g/mol. The molecule has 5 amide bonds. The van der Waals surface area contributed by atoms with Crippen molar-refractivity contribution in [1.29, 1.82) is 0 Å². The summed E-state index contributed by atoms with van der Waals surface area (Å²) in [7, 11) is 0. The molecule has 0 saturated carbocycles. The van der Waals surface area contributed by atoms with Crippen LogP contribution in [0.15, 0.2) is 12.5 Å². The summed E-state index contributed by atoms with van der Waals surface area (Å²) in [5, 5.41) is 16.4. The maximum Gasteiger partial charge on any atom is 0.322 e. The Hall–Kier alpha value is -3.66. The predicted octanol–water partition coefficient (Wildman–Crippen LogP) is -3.01. The van der Waals surface area contributed by atoms with Crippen LogP contribution in [-0.4, -0.2) is 116 Å². The summed E-state index contributed by atoms with van der Waals surface area (Å²) >= 11 is 4.22. The number of likely N-dealkylation sites (tertiary alicyclic amines) is 2. The van der Waals surface area contributed by atoms with Crippen LogP contribution < -0.4 is 21.7 Å². The van der Waals surface area contributed by atoms with Crippen LogP contribution in [0, 0.1) is 0 Å². The number of carbonyl (C=O) groups excluding carboxylic acids is 5. The van der Waals surface area contributed by atoms with Crippen LogP contribution >= 0.6 is 12.6 Å². The van der Waals surface area contributed by atoms with E-state index in [1.54, 1.807) is 0 Å². The number of carboxylic acid groups (broad SMARTS) is 1. The normalized spacial score (nSPS) is 20.3. The number of hydrogen-bond acceptors (Lipinski definition) is 9. The van der Waals surface area contributed by atoms with E-state index >= 15 is 0 Å². The maximum atomic E-state index is 13.4. The lowest BCUT2D eigenvalue weighted by Gasteiger charge is -2.31. The van der Waals surface area contributed by atoms with E-state index < -0.39 is 66.2 Å². The van der Waals surface area contributed by atoms with Crippen LogP contribution in [-0.2, 0) is 35.2 Å². The third kappa shape index (κ3) is 7.69. The molecule has 0 aromatic carbocycles. The van der Waals surface area contributed by atoms with Gasteiger partial charge < -0.3 is 41.6 Å². The van der Waals surface area contributed by atoms with E-state index in [9.17, 15) is 28.8 Å². The zero-order valence-electron chi connectivity index (χ0n) is 21.3. The van der Waals surface area contributed by atoms with Crippen molar-refractivity contribution in [3.63, 3.8) is 0 Å². The number of hydrogen-bond donors (Lipinski definition) is 7. The van der Waals surface area contributed by atoms with Gasteiger partial charge in [0, 0.05) is 37.2 Å². The summed E-state index contributed by atoms with van der Waals surface area (Å²) in [6.45, 7) is -0.322.